The van der Waals surface area contributed by atoms with Crippen molar-refractivity contribution in [3.8, 4) is 23.0 Å². The second kappa shape index (κ2) is 13.6. The quantitative estimate of drug-likeness (QED) is 0.155. The Labute approximate surface area is 317 Å². The van der Waals surface area contributed by atoms with E-state index >= 15 is 0 Å². The van der Waals surface area contributed by atoms with E-state index in [1.54, 1.807) is 5.57 Å². The predicted molar refractivity (Wildman–Crippen MR) is 222 cm³/mol. The van der Waals surface area contributed by atoms with Crippen molar-refractivity contribution in [3.63, 3.8) is 0 Å². The lowest BCUT2D eigenvalue weighted by Crippen LogP contribution is -2.26. The van der Waals surface area contributed by atoms with Gasteiger partial charge in [-0.25, -0.2) is 9.67 Å². The number of aromatic nitrogens is 4. The van der Waals surface area contributed by atoms with E-state index < -0.39 is 0 Å². The minimum Gasteiger partial charge on any atom is -0.457 e. The molecule has 0 bridgehead atoms. The minimum absolute atomic E-state index is 0.00663. The van der Waals surface area contributed by atoms with Crippen LogP contribution in [0.2, 0.25) is 0 Å². The topological polar surface area (TPSA) is 44.9 Å². The summed E-state index contributed by atoms with van der Waals surface area (Å²) >= 11 is 0. The molecule has 0 saturated carbocycles. The number of ether oxygens (including phenoxy) is 1. The molecule has 0 aliphatic heterocycles. The Balaban J connectivity index is 1.34. The third kappa shape index (κ3) is 6.84. The summed E-state index contributed by atoms with van der Waals surface area (Å²) in [7, 11) is 0. The van der Waals surface area contributed by atoms with Gasteiger partial charge in [-0.2, -0.15) is 5.10 Å². The molecule has 3 aromatic carbocycles. The standard InChI is InChI=1S/C48H58N4O/c1-29(2)38-17-15-18-39(30(3)4)46(38)45-31(5)50-52(32(45)6)35-24-34(48(10,11)12)25-37(27-35)53-36-20-21-41-40-16-13-14-19-42(40)51(43(41)28-36)44-26-33(22-23-49-44)47(7,8)9/h13-14,16-17,19-30,39,46H,15,18H2,1-12H3/t39-,46+/m1/s1. The number of benzene rings is 3. The highest BCUT2D eigenvalue weighted by atomic mass is 16.5. The molecule has 0 amide bonds. The van der Waals surface area contributed by atoms with Gasteiger partial charge < -0.3 is 4.74 Å². The first-order chi connectivity index (χ1) is 25.0. The number of hydrogen-bond donors (Lipinski definition) is 0. The van der Waals surface area contributed by atoms with Crippen LogP contribution in [0.4, 0.5) is 0 Å². The summed E-state index contributed by atoms with van der Waals surface area (Å²) < 4.78 is 11.3. The fourth-order valence-corrected chi connectivity index (χ4v) is 8.63. The molecule has 0 spiro atoms. The predicted octanol–water partition coefficient (Wildman–Crippen LogP) is 13.1. The first kappa shape index (κ1) is 36.7. The first-order valence-corrected chi connectivity index (χ1v) is 19.6. The lowest BCUT2D eigenvalue weighted by Gasteiger charge is -2.37. The Morgan fingerprint density at radius 3 is 2.17 bits per heavy atom. The van der Waals surface area contributed by atoms with Gasteiger partial charge in [0.1, 0.15) is 17.3 Å². The van der Waals surface area contributed by atoms with Gasteiger partial charge >= 0.3 is 0 Å². The Hall–Kier alpha value is -4.64. The molecule has 0 fully saturated rings. The highest BCUT2D eigenvalue weighted by Crippen LogP contribution is 2.47. The molecule has 6 aromatic rings. The van der Waals surface area contributed by atoms with Crippen molar-refractivity contribution >= 4 is 21.8 Å². The number of nitrogens with zero attached hydrogens (tertiary/aromatic N) is 4. The van der Waals surface area contributed by atoms with E-state index in [2.05, 4.69) is 171 Å². The molecular formula is C48H58N4O. The van der Waals surface area contributed by atoms with Crippen LogP contribution in [-0.2, 0) is 10.8 Å². The summed E-state index contributed by atoms with van der Waals surface area (Å²) in [6.07, 6.45) is 6.84. The van der Waals surface area contributed by atoms with Crippen molar-refractivity contribution in [1.29, 1.82) is 0 Å². The van der Waals surface area contributed by atoms with Gasteiger partial charge in [0.05, 0.1) is 22.4 Å². The van der Waals surface area contributed by atoms with E-state index in [1.165, 1.54) is 46.0 Å². The van der Waals surface area contributed by atoms with E-state index in [0.29, 0.717) is 23.7 Å². The number of pyridine rings is 1. The van der Waals surface area contributed by atoms with Gasteiger partial charge in [-0.15, -0.1) is 0 Å². The highest BCUT2D eigenvalue weighted by Gasteiger charge is 2.36. The summed E-state index contributed by atoms with van der Waals surface area (Å²) in [6.45, 7) is 27.5. The molecule has 7 rings (SSSR count). The van der Waals surface area contributed by atoms with Gasteiger partial charge in [0.25, 0.3) is 0 Å². The van der Waals surface area contributed by atoms with Crippen molar-refractivity contribution in [2.24, 2.45) is 17.8 Å². The second-order valence-electron chi connectivity index (χ2n) is 18.1. The third-order valence-electron chi connectivity index (χ3n) is 11.6. The highest BCUT2D eigenvalue weighted by molar-refractivity contribution is 6.09. The zero-order valence-corrected chi connectivity index (χ0v) is 34.0. The summed E-state index contributed by atoms with van der Waals surface area (Å²) in [5, 5.41) is 7.64. The van der Waals surface area contributed by atoms with Crippen LogP contribution in [0.5, 0.6) is 11.5 Å². The van der Waals surface area contributed by atoms with Crippen molar-refractivity contribution in [2.75, 3.05) is 0 Å². The van der Waals surface area contributed by atoms with Crippen LogP contribution in [0.25, 0.3) is 33.3 Å². The number of hydrogen-bond acceptors (Lipinski definition) is 3. The molecule has 3 aromatic heterocycles. The van der Waals surface area contributed by atoms with Crippen LogP contribution in [-0.4, -0.2) is 19.3 Å². The number of rotatable bonds is 7. The van der Waals surface area contributed by atoms with Gasteiger partial charge in [-0.1, -0.05) is 99.1 Å². The van der Waals surface area contributed by atoms with E-state index in [0.717, 1.165) is 39.7 Å². The van der Waals surface area contributed by atoms with E-state index in [9.17, 15) is 0 Å². The maximum absolute atomic E-state index is 6.86. The van der Waals surface area contributed by atoms with Gasteiger partial charge in [0.2, 0.25) is 0 Å². The first-order valence-electron chi connectivity index (χ1n) is 19.6. The largest absolute Gasteiger partial charge is 0.457 e. The summed E-state index contributed by atoms with van der Waals surface area (Å²) in [5.74, 6) is 4.58. The fourth-order valence-electron chi connectivity index (χ4n) is 8.63. The Morgan fingerprint density at radius 2 is 1.47 bits per heavy atom. The molecule has 0 unspecified atom stereocenters. The van der Waals surface area contributed by atoms with E-state index in [4.69, 9.17) is 14.8 Å². The van der Waals surface area contributed by atoms with Gasteiger partial charge in [0, 0.05) is 46.3 Å². The number of aryl methyl sites for hydroxylation is 1. The van der Waals surface area contributed by atoms with Gasteiger partial charge in [-0.3, -0.25) is 4.57 Å². The zero-order valence-electron chi connectivity index (χ0n) is 34.0. The van der Waals surface area contributed by atoms with E-state index in [-0.39, 0.29) is 10.8 Å². The molecule has 1 aliphatic rings. The van der Waals surface area contributed by atoms with Crippen LogP contribution >= 0.6 is 0 Å². The summed E-state index contributed by atoms with van der Waals surface area (Å²) in [5.41, 5.74) is 10.9. The lowest BCUT2D eigenvalue weighted by atomic mass is 9.67. The molecule has 5 heteroatoms. The molecule has 5 nitrogen and oxygen atoms in total. The van der Waals surface area contributed by atoms with Crippen LogP contribution in [0.3, 0.4) is 0 Å². The summed E-state index contributed by atoms with van der Waals surface area (Å²) in [6, 6.07) is 26.0. The monoisotopic (exact) mass is 706 g/mol. The van der Waals surface area contributed by atoms with Crippen LogP contribution in [0, 0.1) is 31.6 Å². The number of fused-ring (bicyclic) bond motifs is 3. The molecule has 0 radical (unpaired) electrons. The molecular weight excluding hydrogens is 649 g/mol. The molecule has 53 heavy (non-hydrogen) atoms. The van der Waals surface area contributed by atoms with Crippen molar-refractivity contribution < 1.29 is 4.74 Å². The zero-order chi connectivity index (χ0) is 38.0. The van der Waals surface area contributed by atoms with Gasteiger partial charge in [0.15, 0.2) is 0 Å². The average Bonchev–Trinajstić information content (AvgIpc) is 3.59. The minimum atomic E-state index is -0.0904. The lowest BCUT2D eigenvalue weighted by molar-refractivity contribution is 0.297. The second-order valence-corrected chi connectivity index (χ2v) is 18.1. The molecule has 0 saturated heterocycles. The Kier molecular flexibility index (Phi) is 9.45. The SMILES string of the molecule is Cc1nn(-c2cc(Oc3ccc4c5ccccc5n(-c5cc(C(C)(C)C)ccn5)c4c3)cc(C(C)(C)C)c2)c(C)c1[C@H]1C(C(C)C)=CCC[C@@H]1C(C)C. The number of allylic oxidation sites excluding steroid dienone is 2. The van der Waals surface area contributed by atoms with Gasteiger partial charge in [-0.05, 0) is 109 Å². The number of para-hydroxylation sites is 1. The maximum Gasteiger partial charge on any atom is 0.137 e. The molecule has 3 heterocycles. The van der Waals surface area contributed by atoms with Crippen LogP contribution in [0.1, 0.15) is 116 Å². The van der Waals surface area contributed by atoms with E-state index in [1.807, 2.05) is 6.20 Å². The molecule has 2 atom stereocenters. The smallest absolute Gasteiger partial charge is 0.137 e. The molecule has 276 valence electrons. The van der Waals surface area contributed by atoms with Crippen molar-refractivity contribution in [2.45, 2.75) is 113 Å². The Morgan fingerprint density at radius 1 is 0.755 bits per heavy atom. The summed E-state index contributed by atoms with van der Waals surface area (Å²) in [4.78, 5) is 4.88. The molecule has 0 N–H and O–H groups in total. The van der Waals surface area contributed by atoms with Crippen molar-refractivity contribution in [3.05, 3.63) is 119 Å². The van der Waals surface area contributed by atoms with Crippen molar-refractivity contribution in [1.82, 2.24) is 19.3 Å². The normalized spacial score (nSPS) is 17.0. The fraction of sp³-hybridized carbons (Fsp3) is 0.417. The maximum atomic E-state index is 6.86. The average molecular weight is 707 g/mol. The van der Waals surface area contributed by atoms with Crippen LogP contribution in [0.15, 0.2) is 90.6 Å². The Bertz CT molecular complexity index is 2340. The third-order valence-corrected chi connectivity index (χ3v) is 11.6. The molecule has 1 aliphatic carbocycles. The van der Waals surface area contributed by atoms with Crippen LogP contribution < -0.4 is 4.74 Å².